The Morgan fingerprint density at radius 1 is 1.04 bits per heavy atom. The number of piperazine rings is 1. The lowest BCUT2D eigenvalue weighted by atomic mass is 10.1. The van der Waals surface area contributed by atoms with E-state index in [9.17, 15) is 9.18 Å². The molecule has 1 aliphatic rings. The minimum Gasteiger partial charge on any atom is -0.497 e. The van der Waals surface area contributed by atoms with Crippen molar-refractivity contribution in [2.24, 2.45) is 0 Å². The molecule has 28 heavy (non-hydrogen) atoms. The highest BCUT2D eigenvalue weighted by Crippen LogP contribution is 2.28. The van der Waals surface area contributed by atoms with Crippen molar-refractivity contribution in [2.75, 3.05) is 38.2 Å². The molecule has 4 rings (SSSR count). The molecule has 0 unspecified atom stereocenters. The van der Waals surface area contributed by atoms with Gasteiger partial charge in [0.05, 0.1) is 12.8 Å². The van der Waals surface area contributed by atoms with Crippen molar-refractivity contribution >= 4 is 22.4 Å². The molecule has 3 aromatic rings. The predicted molar refractivity (Wildman–Crippen MR) is 109 cm³/mol. The van der Waals surface area contributed by atoms with Crippen molar-refractivity contribution in [1.82, 2.24) is 9.88 Å². The third-order valence-electron chi connectivity index (χ3n) is 4.81. The quantitative estimate of drug-likeness (QED) is 0.669. The van der Waals surface area contributed by atoms with Gasteiger partial charge in [-0.2, -0.15) is 0 Å². The second-order valence-corrected chi connectivity index (χ2v) is 7.37. The zero-order chi connectivity index (χ0) is 19.5. The van der Waals surface area contributed by atoms with Gasteiger partial charge in [0.25, 0.3) is 5.91 Å². The molecular weight excluding hydrogens is 377 g/mol. The van der Waals surface area contributed by atoms with Crippen molar-refractivity contribution in [3.63, 3.8) is 0 Å². The van der Waals surface area contributed by atoms with Crippen LogP contribution in [0.5, 0.6) is 5.75 Å². The van der Waals surface area contributed by atoms with E-state index in [0.717, 1.165) is 35.2 Å². The van der Waals surface area contributed by atoms with Gasteiger partial charge in [-0.3, -0.25) is 4.79 Å². The summed E-state index contributed by atoms with van der Waals surface area (Å²) in [5.74, 6) is 0.521. The van der Waals surface area contributed by atoms with Gasteiger partial charge >= 0.3 is 0 Å². The topological polar surface area (TPSA) is 45.7 Å². The number of thiazole rings is 1. The third-order valence-corrected chi connectivity index (χ3v) is 5.71. The molecule has 0 bridgehead atoms. The van der Waals surface area contributed by atoms with Crippen LogP contribution >= 0.6 is 11.3 Å². The summed E-state index contributed by atoms with van der Waals surface area (Å²) in [6.45, 7) is 2.77. The number of methoxy groups -OCH3 is 1. The molecule has 0 spiro atoms. The number of aromatic nitrogens is 1. The number of hydrogen-bond acceptors (Lipinski definition) is 5. The monoisotopic (exact) mass is 397 g/mol. The molecule has 1 saturated heterocycles. The van der Waals surface area contributed by atoms with Crippen LogP contribution in [0.2, 0.25) is 0 Å². The van der Waals surface area contributed by atoms with E-state index in [-0.39, 0.29) is 11.7 Å². The van der Waals surface area contributed by atoms with Crippen LogP contribution in [-0.4, -0.2) is 49.1 Å². The Morgan fingerprint density at radius 2 is 1.71 bits per heavy atom. The second-order valence-electron chi connectivity index (χ2n) is 6.53. The molecule has 2 heterocycles. The minimum atomic E-state index is -0.253. The van der Waals surface area contributed by atoms with Crippen LogP contribution < -0.4 is 9.64 Å². The van der Waals surface area contributed by atoms with Gasteiger partial charge in [-0.15, -0.1) is 11.3 Å². The molecule has 7 heteroatoms. The number of hydrogen-bond donors (Lipinski definition) is 0. The summed E-state index contributed by atoms with van der Waals surface area (Å²) in [5.41, 5.74) is 2.41. The van der Waals surface area contributed by atoms with Gasteiger partial charge in [-0.1, -0.05) is 0 Å². The van der Waals surface area contributed by atoms with Gasteiger partial charge in [0.2, 0.25) is 0 Å². The van der Waals surface area contributed by atoms with Gasteiger partial charge < -0.3 is 14.5 Å². The number of anilines is 1. The maximum atomic E-state index is 13.1. The molecule has 1 amide bonds. The SMILES string of the molecule is COc1ccc(C(=O)N2CCN(c3nc(-c4ccc(F)cc4)cs3)CC2)cc1. The summed E-state index contributed by atoms with van der Waals surface area (Å²) in [7, 11) is 1.61. The Kier molecular flexibility index (Phi) is 5.25. The Balaban J connectivity index is 1.38. The van der Waals surface area contributed by atoms with Crippen LogP contribution in [0.1, 0.15) is 10.4 Å². The first-order valence-electron chi connectivity index (χ1n) is 9.04. The van der Waals surface area contributed by atoms with Crippen LogP contribution in [-0.2, 0) is 0 Å². The third kappa shape index (κ3) is 3.84. The maximum absolute atomic E-state index is 13.1. The van der Waals surface area contributed by atoms with Gasteiger partial charge in [0.15, 0.2) is 5.13 Å². The van der Waals surface area contributed by atoms with E-state index in [0.29, 0.717) is 18.7 Å². The maximum Gasteiger partial charge on any atom is 0.253 e. The molecule has 0 saturated carbocycles. The molecule has 1 aromatic heterocycles. The number of carbonyl (C=O) groups is 1. The lowest BCUT2D eigenvalue weighted by molar-refractivity contribution is 0.0746. The number of carbonyl (C=O) groups excluding carboxylic acids is 1. The van der Waals surface area contributed by atoms with Crippen LogP contribution in [0, 0.1) is 5.82 Å². The standard InChI is InChI=1S/C21H20FN3O2S/c1-27-18-8-4-16(5-9-18)20(26)24-10-12-25(13-11-24)21-23-19(14-28-21)15-2-6-17(22)7-3-15/h2-9,14H,10-13H2,1H3. The molecule has 0 aliphatic carbocycles. The Bertz CT molecular complexity index is 949. The first-order chi connectivity index (χ1) is 13.6. The zero-order valence-corrected chi connectivity index (χ0v) is 16.3. The normalized spacial score (nSPS) is 14.2. The number of rotatable bonds is 4. The largest absolute Gasteiger partial charge is 0.497 e. The smallest absolute Gasteiger partial charge is 0.253 e. The molecule has 0 atom stereocenters. The van der Waals surface area contributed by atoms with E-state index < -0.39 is 0 Å². The van der Waals surface area contributed by atoms with Crippen molar-refractivity contribution in [1.29, 1.82) is 0 Å². The molecule has 1 fully saturated rings. The first-order valence-corrected chi connectivity index (χ1v) is 9.92. The summed E-state index contributed by atoms with van der Waals surface area (Å²) < 4.78 is 18.2. The fourth-order valence-electron chi connectivity index (χ4n) is 3.18. The Labute approximate surface area is 167 Å². The van der Waals surface area contributed by atoms with Crippen molar-refractivity contribution in [3.05, 3.63) is 65.3 Å². The van der Waals surface area contributed by atoms with Gasteiger partial charge in [0.1, 0.15) is 11.6 Å². The van der Waals surface area contributed by atoms with Crippen molar-refractivity contribution in [3.8, 4) is 17.0 Å². The zero-order valence-electron chi connectivity index (χ0n) is 15.5. The molecule has 2 aromatic carbocycles. The minimum absolute atomic E-state index is 0.0356. The highest BCUT2D eigenvalue weighted by Gasteiger charge is 2.23. The fraction of sp³-hybridized carbons (Fsp3) is 0.238. The van der Waals surface area contributed by atoms with Crippen LogP contribution in [0.15, 0.2) is 53.9 Å². The summed E-state index contributed by atoms with van der Waals surface area (Å²) in [5, 5.41) is 2.91. The van der Waals surface area contributed by atoms with Crippen LogP contribution in [0.3, 0.4) is 0 Å². The molecule has 144 valence electrons. The van der Waals surface area contributed by atoms with Crippen molar-refractivity contribution < 1.29 is 13.9 Å². The number of ether oxygens (including phenoxy) is 1. The molecule has 0 radical (unpaired) electrons. The van der Waals surface area contributed by atoms with Crippen LogP contribution in [0.4, 0.5) is 9.52 Å². The molecular formula is C21H20FN3O2S. The van der Waals surface area contributed by atoms with Gasteiger partial charge in [-0.05, 0) is 48.5 Å². The Morgan fingerprint density at radius 3 is 2.36 bits per heavy atom. The van der Waals surface area contributed by atoms with E-state index in [2.05, 4.69) is 9.88 Å². The molecule has 1 aliphatic heterocycles. The number of amides is 1. The van der Waals surface area contributed by atoms with Crippen LogP contribution in [0.25, 0.3) is 11.3 Å². The van der Waals surface area contributed by atoms with Gasteiger partial charge in [0, 0.05) is 42.7 Å². The molecule has 0 N–H and O–H groups in total. The average molecular weight is 397 g/mol. The lowest BCUT2D eigenvalue weighted by Crippen LogP contribution is -2.48. The summed E-state index contributed by atoms with van der Waals surface area (Å²) in [6.07, 6.45) is 0. The molecule has 5 nitrogen and oxygen atoms in total. The summed E-state index contributed by atoms with van der Waals surface area (Å²) in [6, 6.07) is 13.5. The van der Waals surface area contributed by atoms with E-state index in [1.807, 2.05) is 10.3 Å². The average Bonchev–Trinajstić information content (AvgIpc) is 3.24. The van der Waals surface area contributed by atoms with E-state index >= 15 is 0 Å². The second kappa shape index (κ2) is 7.98. The van der Waals surface area contributed by atoms with E-state index in [1.165, 1.54) is 12.1 Å². The highest BCUT2D eigenvalue weighted by molar-refractivity contribution is 7.14. The number of halogens is 1. The summed E-state index contributed by atoms with van der Waals surface area (Å²) >= 11 is 1.57. The highest BCUT2D eigenvalue weighted by atomic mass is 32.1. The fourth-order valence-corrected chi connectivity index (χ4v) is 4.07. The number of nitrogens with zero attached hydrogens (tertiary/aromatic N) is 3. The Hall–Kier alpha value is -2.93. The van der Waals surface area contributed by atoms with E-state index in [4.69, 9.17) is 4.74 Å². The predicted octanol–water partition coefficient (Wildman–Crippen LogP) is 3.92. The summed E-state index contributed by atoms with van der Waals surface area (Å²) in [4.78, 5) is 21.4. The first kappa shape index (κ1) is 18.4. The lowest BCUT2D eigenvalue weighted by Gasteiger charge is -2.34. The van der Waals surface area contributed by atoms with Crippen molar-refractivity contribution in [2.45, 2.75) is 0 Å². The van der Waals surface area contributed by atoms with Gasteiger partial charge in [-0.25, -0.2) is 9.37 Å². The van der Waals surface area contributed by atoms with E-state index in [1.54, 1.807) is 54.8 Å². The number of benzene rings is 2.